The molecule has 2 N–H and O–H groups in total. The van der Waals surface area contributed by atoms with E-state index in [0.29, 0.717) is 0 Å². The normalized spacial score (nSPS) is 6.67. The van der Waals surface area contributed by atoms with E-state index in [2.05, 4.69) is 0 Å². The Morgan fingerprint density at radius 1 is 0.583 bits per heavy atom. The Morgan fingerprint density at radius 3 is 0.917 bits per heavy atom. The van der Waals surface area contributed by atoms with Gasteiger partial charge >= 0.3 is 16.8 Å². The average molecular weight is 207 g/mol. The first-order chi connectivity index (χ1) is 5.00. The minimum Gasteiger partial charge on any atom is -0.412 e. The second kappa shape index (κ2) is 10.2. The van der Waals surface area contributed by atoms with Crippen LogP contribution in [0.25, 0.3) is 0 Å². The predicted octanol–water partition coefficient (Wildman–Crippen LogP) is 1.98. The topological polar surface area (TPSA) is 31.5 Å². The van der Waals surface area contributed by atoms with Crippen LogP contribution in [0.4, 0.5) is 0 Å². The first-order valence-electron chi connectivity index (χ1n) is 3.33. The van der Waals surface area contributed by atoms with Crippen molar-refractivity contribution in [3.8, 4) is 0 Å². The molecule has 0 heterocycles. The third-order valence-electron chi connectivity index (χ3n) is 1.11. The van der Waals surface area contributed by atoms with Crippen molar-refractivity contribution >= 4 is 0 Å². The van der Waals surface area contributed by atoms with E-state index in [0.717, 1.165) is 0 Å². The van der Waals surface area contributed by atoms with Crippen LogP contribution in [0.15, 0.2) is 60.7 Å². The van der Waals surface area contributed by atoms with Gasteiger partial charge in [-0.05, 0) is 0 Å². The van der Waals surface area contributed by atoms with Crippen LogP contribution in [0.2, 0.25) is 0 Å². The van der Waals surface area contributed by atoms with Crippen LogP contribution >= 0.6 is 0 Å². The molecule has 12 heavy (non-hydrogen) atoms. The number of hydrogen-bond acceptors (Lipinski definition) is 0. The third kappa shape index (κ3) is 7.28. The summed E-state index contributed by atoms with van der Waals surface area (Å²) in [5, 5.41) is 0. The van der Waals surface area contributed by atoms with E-state index in [1.807, 2.05) is 60.7 Å². The van der Waals surface area contributed by atoms with E-state index in [-0.39, 0.29) is 22.3 Å². The maximum Gasteiger partial charge on any atom is 2.00 e. The van der Waals surface area contributed by atoms with Crippen LogP contribution < -0.4 is 0 Å². The van der Waals surface area contributed by atoms with Gasteiger partial charge in [0.05, 0.1) is 0 Å². The molecular weight excluding hydrogens is 195 g/mol. The summed E-state index contributed by atoms with van der Waals surface area (Å²) in [5.41, 5.74) is 0. The molecule has 2 aromatic rings. The first-order valence-corrected chi connectivity index (χ1v) is 3.33. The van der Waals surface area contributed by atoms with E-state index in [9.17, 15) is 0 Å². The molecule has 0 saturated heterocycles. The van der Waals surface area contributed by atoms with Gasteiger partial charge in [-0.3, -0.25) is 0 Å². The van der Waals surface area contributed by atoms with Crippen LogP contribution in [0, 0.1) is 0 Å². The van der Waals surface area contributed by atoms with Crippen LogP contribution in [-0.4, -0.2) is 5.48 Å². The molecular formula is C10H12CoO. The van der Waals surface area contributed by atoms with E-state index in [1.54, 1.807) is 0 Å². The minimum atomic E-state index is 0. The zero-order valence-electron chi connectivity index (χ0n) is 6.61. The molecule has 0 saturated carbocycles. The summed E-state index contributed by atoms with van der Waals surface area (Å²) in [7, 11) is 0. The summed E-state index contributed by atoms with van der Waals surface area (Å²) in [4.78, 5) is 0. The zero-order chi connectivity index (χ0) is 7.07. The molecule has 0 unspecified atom stereocenters. The van der Waals surface area contributed by atoms with Crippen molar-refractivity contribution < 1.29 is 22.3 Å². The summed E-state index contributed by atoms with van der Waals surface area (Å²) in [6, 6.07) is 20.0. The molecule has 1 radical (unpaired) electrons. The van der Waals surface area contributed by atoms with Crippen molar-refractivity contribution in [2.24, 2.45) is 0 Å². The molecule has 67 valence electrons. The minimum absolute atomic E-state index is 0. The van der Waals surface area contributed by atoms with Gasteiger partial charge in [0.25, 0.3) is 0 Å². The van der Waals surface area contributed by atoms with Crippen LogP contribution in [-0.2, 0) is 16.8 Å². The molecule has 0 aliphatic rings. The number of rotatable bonds is 0. The predicted molar refractivity (Wildman–Crippen MR) is 47.7 cm³/mol. The van der Waals surface area contributed by atoms with Crippen molar-refractivity contribution in [1.29, 1.82) is 0 Å². The van der Waals surface area contributed by atoms with Gasteiger partial charge in [0.1, 0.15) is 0 Å². The molecule has 2 heteroatoms. The molecule has 2 rings (SSSR count). The monoisotopic (exact) mass is 207 g/mol. The van der Waals surface area contributed by atoms with Gasteiger partial charge in [-0.2, -0.15) is 36.4 Å². The smallest absolute Gasteiger partial charge is 0.412 e. The zero-order valence-corrected chi connectivity index (χ0v) is 7.65. The largest absolute Gasteiger partial charge is 2.00 e. The van der Waals surface area contributed by atoms with Gasteiger partial charge < -0.3 is 5.48 Å². The van der Waals surface area contributed by atoms with Crippen LogP contribution in [0.3, 0.4) is 0 Å². The molecule has 0 fully saturated rings. The second-order valence-electron chi connectivity index (χ2n) is 1.92. The average Bonchev–Trinajstić information content (AvgIpc) is 2.67. The van der Waals surface area contributed by atoms with Gasteiger partial charge in [0.15, 0.2) is 0 Å². The maximum atomic E-state index is 2.00. The third-order valence-corrected chi connectivity index (χ3v) is 1.11. The fourth-order valence-corrected chi connectivity index (χ4v) is 0.642. The standard InChI is InChI=1S/2C5H5.Co.H2O/c2*1-2-4-5-3-1;;/h2*1-5H;;1H2/q2*-1;+2;. The summed E-state index contributed by atoms with van der Waals surface area (Å²) in [6.07, 6.45) is 0. The van der Waals surface area contributed by atoms with E-state index in [1.165, 1.54) is 0 Å². The second-order valence-corrected chi connectivity index (χ2v) is 1.92. The summed E-state index contributed by atoms with van der Waals surface area (Å²) >= 11 is 0. The van der Waals surface area contributed by atoms with Crippen molar-refractivity contribution in [2.75, 3.05) is 0 Å². The summed E-state index contributed by atoms with van der Waals surface area (Å²) in [6.45, 7) is 0. The van der Waals surface area contributed by atoms with Gasteiger partial charge in [-0.25, -0.2) is 24.3 Å². The molecule has 0 aliphatic carbocycles. The Hall–Kier alpha value is -0.834. The van der Waals surface area contributed by atoms with Crippen LogP contribution in [0.1, 0.15) is 0 Å². The Balaban J connectivity index is 0. The number of hydrogen-bond donors (Lipinski definition) is 0. The van der Waals surface area contributed by atoms with Crippen molar-refractivity contribution in [2.45, 2.75) is 0 Å². The molecule has 0 amide bonds. The molecule has 0 spiro atoms. The van der Waals surface area contributed by atoms with Crippen molar-refractivity contribution in [3.05, 3.63) is 60.7 Å². The van der Waals surface area contributed by atoms with E-state index < -0.39 is 0 Å². The van der Waals surface area contributed by atoms with E-state index in [4.69, 9.17) is 0 Å². The molecule has 0 atom stereocenters. The van der Waals surface area contributed by atoms with Gasteiger partial charge in [-0.15, -0.1) is 0 Å². The van der Waals surface area contributed by atoms with Crippen molar-refractivity contribution in [1.82, 2.24) is 0 Å². The molecule has 0 bridgehead atoms. The van der Waals surface area contributed by atoms with Crippen molar-refractivity contribution in [3.63, 3.8) is 0 Å². The van der Waals surface area contributed by atoms with Crippen LogP contribution in [0.5, 0.6) is 0 Å². The van der Waals surface area contributed by atoms with Gasteiger partial charge in [-0.1, -0.05) is 0 Å². The van der Waals surface area contributed by atoms with E-state index >= 15 is 0 Å². The summed E-state index contributed by atoms with van der Waals surface area (Å²) in [5.74, 6) is 0. The first kappa shape index (κ1) is 13.7. The molecule has 1 nitrogen and oxygen atoms in total. The Bertz CT molecular complexity index is 149. The molecule has 0 aromatic heterocycles. The molecule has 2 aromatic carbocycles. The maximum absolute atomic E-state index is 2.00. The fourth-order valence-electron chi connectivity index (χ4n) is 0.642. The fraction of sp³-hybridized carbons (Fsp3) is 0. The Morgan fingerprint density at radius 2 is 0.833 bits per heavy atom. The quantitative estimate of drug-likeness (QED) is 0.591. The Kier molecular flexibility index (Phi) is 11.6. The SMILES string of the molecule is O.[Co+2].c1cc[cH-]c1.c1cc[cH-]c1. The Labute approximate surface area is 83.3 Å². The van der Waals surface area contributed by atoms with Gasteiger partial charge in [0.2, 0.25) is 0 Å². The van der Waals surface area contributed by atoms with Gasteiger partial charge in [0, 0.05) is 0 Å². The molecule has 0 aliphatic heterocycles. The summed E-state index contributed by atoms with van der Waals surface area (Å²) < 4.78 is 0.